The third-order valence-electron chi connectivity index (χ3n) is 5.39. The van der Waals surface area contributed by atoms with E-state index in [1.807, 2.05) is 57.2 Å². The summed E-state index contributed by atoms with van der Waals surface area (Å²) in [5, 5.41) is 2.82. The number of carbonyl (C=O) groups excluding carboxylic acids is 2. The van der Waals surface area contributed by atoms with Crippen LogP contribution in [0.5, 0.6) is 0 Å². The number of imide groups is 1. The fraction of sp³-hybridized carbons (Fsp3) is 0.261. The average molecular weight is 389 g/mol. The van der Waals surface area contributed by atoms with Gasteiger partial charge in [-0.25, -0.2) is 9.78 Å². The van der Waals surface area contributed by atoms with Gasteiger partial charge in [0.15, 0.2) is 0 Å². The Morgan fingerprint density at radius 1 is 1.03 bits per heavy atom. The molecule has 3 amide bonds. The largest absolute Gasteiger partial charge is 0.444 e. The lowest BCUT2D eigenvalue weighted by atomic mass is 9.91. The normalized spacial score (nSPS) is 19.0. The zero-order valence-corrected chi connectivity index (χ0v) is 16.9. The molecule has 148 valence electrons. The van der Waals surface area contributed by atoms with Crippen LogP contribution >= 0.6 is 0 Å². The van der Waals surface area contributed by atoms with Crippen molar-refractivity contribution in [3.8, 4) is 11.5 Å². The summed E-state index contributed by atoms with van der Waals surface area (Å²) in [7, 11) is 0. The Labute approximate surface area is 169 Å². The van der Waals surface area contributed by atoms with Gasteiger partial charge in [-0.15, -0.1) is 0 Å². The van der Waals surface area contributed by atoms with Crippen LogP contribution in [-0.2, 0) is 16.9 Å². The number of amides is 3. The fourth-order valence-corrected chi connectivity index (χ4v) is 3.64. The van der Waals surface area contributed by atoms with E-state index < -0.39 is 11.6 Å². The van der Waals surface area contributed by atoms with Gasteiger partial charge in [0, 0.05) is 5.56 Å². The number of aromatic nitrogens is 1. The third-order valence-corrected chi connectivity index (χ3v) is 5.39. The van der Waals surface area contributed by atoms with Crippen LogP contribution in [0.2, 0.25) is 0 Å². The van der Waals surface area contributed by atoms with E-state index in [1.54, 1.807) is 6.92 Å². The second kappa shape index (κ2) is 6.88. The maximum absolute atomic E-state index is 13.1. The molecule has 0 aliphatic carbocycles. The number of hydrogen-bond acceptors (Lipinski definition) is 4. The maximum Gasteiger partial charge on any atom is 0.325 e. The predicted molar refractivity (Wildman–Crippen MR) is 109 cm³/mol. The summed E-state index contributed by atoms with van der Waals surface area (Å²) in [6.45, 7) is 7.78. The summed E-state index contributed by atoms with van der Waals surface area (Å²) in [4.78, 5) is 31.3. The Balaban J connectivity index is 1.57. The van der Waals surface area contributed by atoms with Crippen LogP contribution in [0.4, 0.5) is 4.79 Å². The van der Waals surface area contributed by atoms with E-state index in [4.69, 9.17) is 4.42 Å². The Hall–Kier alpha value is -3.41. The van der Waals surface area contributed by atoms with Gasteiger partial charge in [-0.1, -0.05) is 47.5 Å². The van der Waals surface area contributed by atoms with Gasteiger partial charge < -0.3 is 9.73 Å². The molecule has 2 aromatic carbocycles. The fourth-order valence-electron chi connectivity index (χ4n) is 3.64. The number of carbonyl (C=O) groups is 2. The monoisotopic (exact) mass is 389 g/mol. The highest BCUT2D eigenvalue weighted by Gasteiger charge is 2.49. The van der Waals surface area contributed by atoms with Gasteiger partial charge in [-0.05, 0) is 44.9 Å². The van der Waals surface area contributed by atoms with Crippen LogP contribution in [-0.4, -0.2) is 21.8 Å². The minimum atomic E-state index is -1.09. The Bertz CT molecular complexity index is 1100. The lowest BCUT2D eigenvalue weighted by Gasteiger charge is -2.22. The smallest absolute Gasteiger partial charge is 0.325 e. The molecule has 1 N–H and O–H groups in total. The van der Waals surface area contributed by atoms with Crippen molar-refractivity contribution in [1.29, 1.82) is 0 Å². The highest BCUT2D eigenvalue weighted by molar-refractivity contribution is 6.07. The summed E-state index contributed by atoms with van der Waals surface area (Å²) in [5.74, 6) is 0.174. The minimum absolute atomic E-state index is 0.0561. The molecule has 0 saturated carbocycles. The van der Waals surface area contributed by atoms with Crippen LogP contribution in [0.15, 0.2) is 53.1 Å². The van der Waals surface area contributed by atoms with E-state index >= 15 is 0 Å². The number of nitrogens with zero attached hydrogens (tertiary/aromatic N) is 2. The highest BCUT2D eigenvalue weighted by Crippen LogP contribution is 2.30. The molecule has 1 aliphatic rings. The molecule has 6 heteroatoms. The number of nitrogens with one attached hydrogen (secondary N) is 1. The van der Waals surface area contributed by atoms with Gasteiger partial charge in [0.1, 0.15) is 11.8 Å². The molecule has 6 nitrogen and oxygen atoms in total. The van der Waals surface area contributed by atoms with Gasteiger partial charge in [0.05, 0.1) is 12.2 Å². The molecule has 1 atom stereocenters. The summed E-state index contributed by atoms with van der Waals surface area (Å²) < 4.78 is 5.62. The molecule has 0 radical (unpaired) electrons. The van der Waals surface area contributed by atoms with E-state index in [1.165, 1.54) is 11.2 Å². The lowest BCUT2D eigenvalue weighted by molar-refractivity contribution is -0.131. The number of oxazole rings is 1. The number of urea groups is 1. The molecule has 29 heavy (non-hydrogen) atoms. The molecule has 1 unspecified atom stereocenters. The van der Waals surface area contributed by atoms with Crippen LogP contribution in [0.25, 0.3) is 11.5 Å². The van der Waals surface area contributed by atoms with Gasteiger partial charge in [-0.2, -0.15) is 0 Å². The van der Waals surface area contributed by atoms with Crippen LogP contribution in [0, 0.1) is 20.8 Å². The minimum Gasteiger partial charge on any atom is -0.444 e. The van der Waals surface area contributed by atoms with Crippen molar-refractivity contribution >= 4 is 11.9 Å². The highest BCUT2D eigenvalue weighted by atomic mass is 16.3. The van der Waals surface area contributed by atoms with Gasteiger partial charge in [0.25, 0.3) is 5.91 Å². The van der Waals surface area contributed by atoms with Crippen molar-refractivity contribution in [3.05, 3.63) is 76.7 Å². The zero-order valence-electron chi connectivity index (χ0n) is 16.9. The Morgan fingerprint density at radius 2 is 1.72 bits per heavy atom. The molecule has 4 rings (SSSR count). The number of hydrogen-bond donors (Lipinski definition) is 1. The van der Waals surface area contributed by atoms with E-state index in [0.717, 1.165) is 27.8 Å². The van der Waals surface area contributed by atoms with Gasteiger partial charge >= 0.3 is 6.03 Å². The SMILES string of the molecule is Cc1ccc(C2(C)NC(=O)N(Cc3coc(-c4ccc(C)cc4C)n3)C2=O)cc1. The Morgan fingerprint density at radius 3 is 2.41 bits per heavy atom. The molecule has 1 aliphatic heterocycles. The first-order valence-electron chi connectivity index (χ1n) is 9.51. The molecule has 0 bridgehead atoms. The molecule has 3 aromatic rings. The quantitative estimate of drug-likeness (QED) is 0.678. The first-order chi connectivity index (χ1) is 13.8. The molecular weight excluding hydrogens is 366 g/mol. The zero-order chi connectivity index (χ0) is 20.8. The first kappa shape index (κ1) is 18.9. The number of benzene rings is 2. The summed E-state index contributed by atoms with van der Waals surface area (Å²) in [6.07, 6.45) is 1.50. The second-order valence-corrected chi connectivity index (χ2v) is 7.77. The van der Waals surface area contributed by atoms with Crippen molar-refractivity contribution < 1.29 is 14.0 Å². The van der Waals surface area contributed by atoms with Crippen LogP contribution in [0.3, 0.4) is 0 Å². The number of aryl methyl sites for hydroxylation is 3. The summed E-state index contributed by atoms with van der Waals surface area (Å²) in [6, 6.07) is 13.2. The van der Waals surface area contributed by atoms with Gasteiger partial charge in [-0.3, -0.25) is 9.69 Å². The van der Waals surface area contributed by atoms with Crippen molar-refractivity contribution in [2.75, 3.05) is 0 Å². The van der Waals surface area contributed by atoms with Crippen LogP contribution < -0.4 is 5.32 Å². The standard InChI is InChI=1S/C23H23N3O3/c1-14-5-8-17(9-6-14)23(4)21(27)26(22(28)25-23)12-18-13-29-20(24-18)19-10-7-15(2)11-16(19)3/h5-11,13H,12H2,1-4H3,(H,25,28). The molecule has 1 fully saturated rings. The first-order valence-corrected chi connectivity index (χ1v) is 9.51. The third kappa shape index (κ3) is 3.31. The van der Waals surface area contributed by atoms with Crippen molar-refractivity contribution in [1.82, 2.24) is 15.2 Å². The predicted octanol–water partition coefficient (Wildman–Crippen LogP) is 4.23. The topological polar surface area (TPSA) is 75.4 Å². The molecule has 2 heterocycles. The molecule has 1 saturated heterocycles. The summed E-state index contributed by atoms with van der Waals surface area (Å²) >= 11 is 0. The molecular formula is C23H23N3O3. The van der Waals surface area contributed by atoms with E-state index in [-0.39, 0.29) is 12.5 Å². The number of rotatable bonds is 4. The Kier molecular flexibility index (Phi) is 4.49. The van der Waals surface area contributed by atoms with Gasteiger partial charge in [0.2, 0.25) is 5.89 Å². The van der Waals surface area contributed by atoms with E-state index in [0.29, 0.717) is 11.6 Å². The van der Waals surface area contributed by atoms with E-state index in [2.05, 4.69) is 16.4 Å². The average Bonchev–Trinajstić information content (AvgIpc) is 3.21. The lowest BCUT2D eigenvalue weighted by Crippen LogP contribution is -2.40. The van der Waals surface area contributed by atoms with Crippen molar-refractivity contribution in [2.24, 2.45) is 0 Å². The van der Waals surface area contributed by atoms with Crippen molar-refractivity contribution in [3.63, 3.8) is 0 Å². The maximum atomic E-state index is 13.1. The van der Waals surface area contributed by atoms with E-state index in [9.17, 15) is 9.59 Å². The second-order valence-electron chi connectivity index (χ2n) is 7.77. The van der Waals surface area contributed by atoms with Crippen LogP contribution in [0.1, 0.15) is 34.9 Å². The molecule has 0 spiro atoms. The molecule has 1 aromatic heterocycles. The summed E-state index contributed by atoms with van der Waals surface area (Å²) in [5.41, 5.74) is 4.38. The van der Waals surface area contributed by atoms with Crippen molar-refractivity contribution in [2.45, 2.75) is 39.8 Å².